The number of aryl methyl sites for hydroxylation is 1. The monoisotopic (exact) mass is 511 g/mol. The molecule has 0 radical (unpaired) electrons. The first-order valence-electron chi connectivity index (χ1n) is 12.9. The smallest absolute Gasteiger partial charge is 0.407 e. The molecule has 2 aliphatic heterocycles. The van der Waals surface area contributed by atoms with Gasteiger partial charge in [-0.15, -0.1) is 0 Å². The van der Waals surface area contributed by atoms with Gasteiger partial charge < -0.3 is 20.1 Å². The Labute approximate surface area is 220 Å². The van der Waals surface area contributed by atoms with Gasteiger partial charge in [0.15, 0.2) is 0 Å². The molecule has 1 amide bonds. The van der Waals surface area contributed by atoms with Crippen LogP contribution in [0.4, 0.5) is 16.4 Å². The van der Waals surface area contributed by atoms with E-state index in [1.165, 1.54) is 0 Å². The maximum absolute atomic E-state index is 11.5. The number of rotatable bonds is 7. The summed E-state index contributed by atoms with van der Waals surface area (Å²) in [7, 11) is 0. The van der Waals surface area contributed by atoms with Crippen LogP contribution in [-0.4, -0.2) is 59.0 Å². The van der Waals surface area contributed by atoms with Crippen LogP contribution in [0.3, 0.4) is 0 Å². The van der Waals surface area contributed by atoms with Crippen molar-refractivity contribution < 1.29 is 14.6 Å². The Balaban J connectivity index is 1.15. The number of nitrogens with one attached hydrogen (secondary N) is 1. The van der Waals surface area contributed by atoms with Crippen LogP contribution in [-0.2, 0) is 6.54 Å². The van der Waals surface area contributed by atoms with Gasteiger partial charge in [0.2, 0.25) is 5.95 Å². The normalized spacial score (nSPS) is 20.3. The summed E-state index contributed by atoms with van der Waals surface area (Å²) in [6.07, 6.45) is 9.79. The van der Waals surface area contributed by atoms with Crippen LogP contribution in [0.15, 0.2) is 67.3 Å². The van der Waals surface area contributed by atoms with Gasteiger partial charge in [0.05, 0.1) is 5.69 Å². The molecule has 10 nitrogen and oxygen atoms in total. The summed E-state index contributed by atoms with van der Waals surface area (Å²) in [5.74, 6) is 1.25. The number of pyridine rings is 1. The molecule has 5 heterocycles. The number of carboxylic acid groups (broad SMARTS) is 1. The molecule has 194 valence electrons. The van der Waals surface area contributed by atoms with Crippen molar-refractivity contribution in [3.63, 3.8) is 0 Å². The molecule has 2 unspecified atom stereocenters. The van der Waals surface area contributed by atoms with E-state index in [9.17, 15) is 9.90 Å². The minimum Gasteiger partial charge on any atom is -0.490 e. The summed E-state index contributed by atoms with van der Waals surface area (Å²) < 4.78 is 8.11. The van der Waals surface area contributed by atoms with E-state index in [-0.39, 0.29) is 18.2 Å². The average Bonchev–Trinajstić information content (AvgIpc) is 3.50. The van der Waals surface area contributed by atoms with E-state index >= 15 is 0 Å². The number of hydrogen-bond acceptors (Lipinski definition) is 7. The van der Waals surface area contributed by atoms with Crippen molar-refractivity contribution in [2.45, 2.75) is 57.3 Å². The van der Waals surface area contributed by atoms with Gasteiger partial charge in [-0.2, -0.15) is 5.10 Å². The highest BCUT2D eigenvalue weighted by Crippen LogP contribution is 2.37. The van der Waals surface area contributed by atoms with Crippen molar-refractivity contribution in [3.8, 4) is 28.3 Å². The molecule has 0 aliphatic carbocycles. The van der Waals surface area contributed by atoms with Gasteiger partial charge in [0.25, 0.3) is 0 Å². The fourth-order valence-electron chi connectivity index (χ4n) is 5.53. The molecule has 0 saturated carbocycles. The molecule has 2 aliphatic rings. The summed E-state index contributed by atoms with van der Waals surface area (Å²) in [5, 5.41) is 17.5. The van der Waals surface area contributed by atoms with Crippen LogP contribution in [0.5, 0.6) is 5.75 Å². The van der Waals surface area contributed by atoms with E-state index in [0.717, 1.165) is 66.2 Å². The lowest BCUT2D eigenvalue weighted by Crippen LogP contribution is -2.48. The molecule has 2 saturated heterocycles. The van der Waals surface area contributed by atoms with Crippen LogP contribution >= 0.6 is 0 Å². The molecule has 2 bridgehead atoms. The van der Waals surface area contributed by atoms with E-state index in [4.69, 9.17) is 14.8 Å². The van der Waals surface area contributed by atoms with Crippen molar-refractivity contribution in [3.05, 3.63) is 67.3 Å². The van der Waals surface area contributed by atoms with Crippen molar-refractivity contribution in [2.75, 3.05) is 5.32 Å². The Morgan fingerprint density at radius 3 is 2.58 bits per heavy atom. The third-order valence-electron chi connectivity index (χ3n) is 7.28. The summed E-state index contributed by atoms with van der Waals surface area (Å²) in [5.41, 5.74) is 4.28. The van der Waals surface area contributed by atoms with Crippen molar-refractivity contribution in [1.82, 2.24) is 29.6 Å². The third kappa shape index (κ3) is 4.77. The van der Waals surface area contributed by atoms with Gasteiger partial charge in [0, 0.05) is 73.1 Å². The van der Waals surface area contributed by atoms with Crippen LogP contribution < -0.4 is 10.1 Å². The van der Waals surface area contributed by atoms with Gasteiger partial charge in [-0.05, 0) is 62.2 Å². The fourth-order valence-corrected chi connectivity index (χ4v) is 5.53. The zero-order chi connectivity index (χ0) is 26.1. The second-order valence-electron chi connectivity index (χ2n) is 9.69. The van der Waals surface area contributed by atoms with Gasteiger partial charge in [-0.3, -0.25) is 9.67 Å². The highest BCUT2D eigenvalue weighted by Gasteiger charge is 2.44. The number of carbonyl (C=O) groups is 1. The molecule has 6 rings (SSSR count). The number of piperidine rings is 1. The van der Waals surface area contributed by atoms with Crippen LogP contribution in [0, 0.1) is 0 Å². The molecule has 10 heteroatoms. The first kappa shape index (κ1) is 23.9. The van der Waals surface area contributed by atoms with Crippen molar-refractivity contribution in [1.29, 1.82) is 0 Å². The summed E-state index contributed by atoms with van der Waals surface area (Å²) in [4.78, 5) is 26.5. The first-order chi connectivity index (χ1) is 18.6. The standard InChI is InChI=1S/C28H29N7O3/c1-2-34-17-24(26(33-34)18-4-3-12-29-16-18)25-11-13-30-27(32-25)31-19-5-9-22(10-6-19)38-23-14-20-7-8-21(15-23)35(20)28(36)37/h3-6,9-13,16-17,20-21,23H,2,7-8,14-15H2,1H3,(H,36,37)(H,30,31,32). The van der Waals surface area contributed by atoms with Crippen molar-refractivity contribution >= 4 is 17.7 Å². The van der Waals surface area contributed by atoms with E-state index < -0.39 is 6.09 Å². The lowest BCUT2D eigenvalue weighted by molar-refractivity contribution is 0.0496. The highest BCUT2D eigenvalue weighted by molar-refractivity contribution is 5.78. The number of ether oxygens (including phenoxy) is 1. The molecule has 3 aromatic heterocycles. The van der Waals surface area contributed by atoms with E-state index in [1.54, 1.807) is 23.5 Å². The lowest BCUT2D eigenvalue weighted by Gasteiger charge is -2.37. The maximum Gasteiger partial charge on any atom is 0.407 e. The zero-order valence-electron chi connectivity index (χ0n) is 21.1. The summed E-state index contributed by atoms with van der Waals surface area (Å²) in [6, 6.07) is 13.6. The number of nitrogens with zero attached hydrogens (tertiary/aromatic N) is 6. The van der Waals surface area contributed by atoms with E-state index in [1.807, 2.05) is 60.3 Å². The lowest BCUT2D eigenvalue weighted by atomic mass is 10.0. The maximum atomic E-state index is 11.5. The number of fused-ring (bicyclic) bond motifs is 2. The molecule has 1 aromatic carbocycles. The second-order valence-corrected chi connectivity index (χ2v) is 9.69. The molecular weight excluding hydrogens is 482 g/mol. The van der Waals surface area contributed by atoms with Gasteiger partial charge in [-0.25, -0.2) is 14.8 Å². The predicted molar refractivity (Wildman–Crippen MR) is 142 cm³/mol. The van der Waals surface area contributed by atoms with Gasteiger partial charge in [-0.1, -0.05) is 0 Å². The number of amides is 1. The SMILES string of the molecule is CCn1cc(-c2ccnc(Nc3ccc(OC4CC5CCC(C4)N5C(=O)O)cc3)n2)c(-c2cccnc2)n1. The number of anilines is 2. The quantitative estimate of drug-likeness (QED) is 0.347. The molecule has 0 spiro atoms. The minimum atomic E-state index is -0.815. The first-order valence-corrected chi connectivity index (χ1v) is 12.9. The number of benzene rings is 1. The van der Waals surface area contributed by atoms with Gasteiger partial charge >= 0.3 is 6.09 Å². The molecule has 2 N–H and O–H groups in total. The van der Waals surface area contributed by atoms with Gasteiger partial charge in [0.1, 0.15) is 17.5 Å². The molecule has 4 aromatic rings. The van der Waals surface area contributed by atoms with E-state index in [2.05, 4.69) is 15.3 Å². The van der Waals surface area contributed by atoms with E-state index in [0.29, 0.717) is 5.95 Å². The number of aromatic nitrogens is 5. The molecule has 38 heavy (non-hydrogen) atoms. The van der Waals surface area contributed by atoms with Crippen molar-refractivity contribution in [2.24, 2.45) is 0 Å². The fraction of sp³-hybridized carbons (Fsp3) is 0.321. The largest absolute Gasteiger partial charge is 0.490 e. The molecular formula is C28H29N7O3. The zero-order valence-corrected chi connectivity index (χ0v) is 21.1. The molecule has 2 atom stereocenters. The average molecular weight is 512 g/mol. The van der Waals surface area contributed by atoms with Crippen LogP contribution in [0.25, 0.3) is 22.5 Å². The Morgan fingerprint density at radius 1 is 1.11 bits per heavy atom. The molecule has 2 fully saturated rings. The highest BCUT2D eigenvalue weighted by atomic mass is 16.5. The Kier molecular flexibility index (Phi) is 6.36. The van der Waals surface area contributed by atoms with Crippen LogP contribution in [0.2, 0.25) is 0 Å². The summed E-state index contributed by atoms with van der Waals surface area (Å²) >= 11 is 0. The summed E-state index contributed by atoms with van der Waals surface area (Å²) in [6.45, 7) is 2.80. The topological polar surface area (TPSA) is 118 Å². The Hall–Kier alpha value is -4.47. The van der Waals surface area contributed by atoms with Crippen LogP contribution in [0.1, 0.15) is 32.6 Å². The Morgan fingerprint density at radius 2 is 1.89 bits per heavy atom. The minimum absolute atomic E-state index is 0.0278. The second kappa shape index (κ2) is 10.1. The Bertz CT molecular complexity index is 1410. The number of hydrogen-bond donors (Lipinski definition) is 2. The third-order valence-corrected chi connectivity index (χ3v) is 7.28. The predicted octanol–water partition coefficient (Wildman–Crippen LogP) is 5.22.